The first kappa shape index (κ1) is 9.26. The maximum Gasteiger partial charge on any atom is 0.317 e. The molecule has 1 aromatic heterocycles. The Hall–Kier alpha value is -0.830. The Labute approximate surface area is 76.2 Å². The van der Waals surface area contributed by atoms with E-state index >= 15 is 0 Å². The average Bonchev–Trinajstić information content (AvgIpc) is 2.37. The zero-order valence-corrected chi connectivity index (χ0v) is 8.27. The number of ether oxygens (including phenoxy) is 1. The second kappa shape index (κ2) is 3.27. The van der Waals surface area contributed by atoms with Crippen LogP contribution in [0.1, 0.15) is 20.8 Å². The van der Waals surface area contributed by atoms with Crippen molar-refractivity contribution in [2.24, 2.45) is 5.41 Å². The fourth-order valence-corrected chi connectivity index (χ4v) is 1.14. The van der Waals surface area contributed by atoms with Gasteiger partial charge in [-0.25, -0.2) is 0 Å². The van der Waals surface area contributed by atoms with Gasteiger partial charge in [-0.1, -0.05) is 0 Å². The summed E-state index contributed by atoms with van der Waals surface area (Å²) in [4.78, 5) is 11.3. The standard InChI is InChI=1S/C9H12O2S/c1-9(2,3)8(10)11-7-5-4-6-12-7/h4-6H,1-3H3. The van der Waals surface area contributed by atoms with E-state index in [-0.39, 0.29) is 5.97 Å². The molecule has 0 spiro atoms. The van der Waals surface area contributed by atoms with E-state index in [4.69, 9.17) is 4.74 Å². The Morgan fingerprint density at radius 3 is 2.58 bits per heavy atom. The molecule has 0 N–H and O–H groups in total. The van der Waals surface area contributed by atoms with Crippen LogP contribution in [0.15, 0.2) is 17.5 Å². The molecule has 1 heterocycles. The van der Waals surface area contributed by atoms with E-state index < -0.39 is 5.41 Å². The maximum absolute atomic E-state index is 11.3. The highest BCUT2D eigenvalue weighted by atomic mass is 32.1. The van der Waals surface area contributed by atoms with Crippen LogP contribution in [0, 0.1) is 5.41 Å². The molecular formula is C9H12O2S. The average molecular weight is 184 g/mol. The van der Waals surface area contributed by atoms with E-state index in [1.807, 2.05) is 32.2 Å². The number of thiophene rings is 1. The van der Waals surface area contributed by atoms with Gasteiger partial charge < -0.3 is 4.74 Å². The minimum Gasteiger partial charge on any atom is -0.415 e. The number of esters is 1. The molecule has 0 aliphatic carbocycles. The third-order valence-electron chi connectivity index (χ3n) is 1.30. The van der Waals surface area contributed by atoms with Gasteiger partial charge in [-0.3, -0.25) is 4.79 Å². The molecule has 0 aliphatic heterocycles. The van der Waals surface area contributed by atoms with E-state index in [1.165, 1.54) is 11.3 Å². The Balaban J connectivity index is 2.60. The van der Waals surface area contributed by atoms with Crippen LogP contribution in [-0.2, 0) is 4.79 Å². The van der Waals surface area contributed by atoms with Crippen LogP contribution >= 0.6 is 11.3 Å². The van der Waals surface area contributed by atoms with E-state index in [0.717, 1.165) is 0 Å². The second-order valence-corrected chi connectivity index (χ2v) is 4.48. The fourth-order valence-electron chi connectivity index (χ4n) is 0.566. The van der Waals surface area contributed by atoms with Gasteiger partial charge in [0, 0.05) is 0 Å². The van der Waals surface area contributed by atoms with E-state index in [1.54, 1.807) is 6.07 Å². The zero-order valence-electron chi connectivity index (χ0n) is 7.46. The normalized spacial score (nSPS) is 11.2. The van der Waals surface area contributed by atoms with Crippen LogP contribution in [-0.4, -0.2) is 5.97 Å². The molecule has 1 aromatic rings. The first-order valence-corrected chi connectivity index (χ1v) is 4.64. The van der Waals surface area contributed by atoms with Crippen molar-refractivity contribution in [1.29, 1.82) is 0 Å². The van der Waals surface area contributed by atoms with Gasteiger partial charge in [-0.05, 0) is 38.3 Å². The maximum atomic E-state index is 11.3. The fraction of sp³-hybridized carbons (Fsp3) is 0.444. The molecule has 3 heteroatoms. The Morgan fingerprint density at radius 2 is 2.17 bits per heavy atom. The van der Waals surface area contributed by atoms with Gasteiger partial charge in [-0.2, -0.15) is 0 Å². The van der Waals surface area contributed by atoms with Crippen molar-refractivity contribution in [2.75, 3.05) is 0 Å². The molecule has 0 aliphatic rings. The van der Waals surface area contributed by atoms with Gasteiger partial charge in [0.2, 0.25) is 0 Å². The quantitative estimate of drug-likeness (QED) is 0.627. The Kier molecular flexibility index (Phi) is 2.52. The van der Waals surface area contributed by atoms with Crippen LogP contribution in [0.2, 0.25) is 0 Å². The summed E-state index contributed by atoms with van der Waals surface area (Å²) in [6.45, 7) is 5.51. The van der Waals surface area contributed by atoms with Gasteiger partial charge in [0.25, 0.3) is 0 Å². The van der Waals surface area contributed by atoms with Gasteiger partial charge in [0.05, 0.1) is 5.41 Å². The van der Waals surface area contributed by atoms with Crippen LogP contribution in [0.5, 0.6) is 5.06 Å². The molecule has 12 heavy (non-hydrogen) atoms. The lowest BCUT2D eigenvalue weighted by molar-refractivity contribution is -0.142. The summed E-state index contributed by atoms with van der Waals surface area (Å²) < 4.78 is 5.10. The number of carbonyl (C=O) groups excluding carboxylic acids is 1. The lowest BCUT2D eigenvalue weighted by Gasteiger charge is -2.14. The van der Waals surface area contributed by atoms with Crippen molar-refractivity contribution in [3.05, 3.63) is 17.5 Å². The third kappa shape index (κ3) is 2.34. The lowest BCUT2D eigenvalue weighted by Crippen LogP contribution is -2.25. The minimum absolute atomic E-state index is 0.190. The van der Waals surface area contributed by atoms with E-state index in [2.05, 4.69) is 0 Å². The van der Waals surface area contributed by atoms with Crippen molar-refractivity contribution in [2.45, 2.75) is 20.8 Å². The molecule has 0 saturated heterocycles. The lowest BCUT2D eigenvalue weighted by atomic mass is 9.97. The summed E-state index contributed by atoms with van der Waals surface area (Å²) in [5.74, 6) is -0.190. The first-order valence-electron chi connectivity index (χ1n) is 3.76. The van der Waals surface area contributed by atoms with E-state index in [0.29, 0.717) is 5.06 Å². The molecule has 66 valence electrons. The predicted octanol–water partition coefficient (Wildman–Crippen LogP) is 2.70. The highest BCUT2D eigenvalue weighted by molar-refractivity contribution is 7.11. The van der Waals surface area contributed by atoms with Crippen molar-refractivity contribution >= 4 is 17.3 Å². The summed E-state index contributed by atoms with van der Waals surface area (Å²) in [5.41, 5.74) is -0.427. The highest BCUT2D eigenvalue weighted by Gasteiger charge is 2.23. The molecule has 0 aromatic carbocycles. The van der Waals surface area contributed by atoms with Crippen molar-refractivity contribution in [3.8, 4) is 5.06 Å². The van der Waals surface area contributed by atoms with Crippen molar-refractivity contribution in [1.82, 2.24) is 0 Å². The summed E-state index contributed by atoms with van der Waals surface area (Å²) in [7, 11) is 0. The summed E-state index contributed by atoms with van der Waals surface area (Å²) in [5, 5.41) is 2.54. The van der Waals surface area contributed by atoms with Crippen LogP contribution < -0.4 is 4.74 Å². The van der Waals surface area contributed by atoms with Gasteiger partial charge >= 0.3 is 5.97 Å². The highest BCUT2D eigenvalue weighted by Crippen LogP contribution is 2.23. The molecule has 1 rings (SSSR count). The number of hydrogen-bond acceptors (Lipinski definition) is 3. The number of rotatable bonds is 1. The van der Waals surface area contributed by atoms with Crippen LogP contribution in [0.4, 0.5) is 0 Å². The van der Waals surface area contributed by atoms with Crippen molar-refractivity contribution < 1.29 is 9.53 Å². The smallest absolute Gasteiger partial charge is 0.317 e. The summed E-state index contributed by atoms with van der Waals surface area (Å²) in [6.07, 6.45) is 0. The molecule has 0 unspecified atom stereocenters. The van der Waals surface area contributed by atoms with Crippen molar-refractivity contribution in [3.63, 3.8) is 0 Å². The van der Waals surface area contributed by atoms with E-state index in [9.17, 15) is 4.79 Å². The molecular weight excluding hydrogens is 172 g/mol. The third-order valence-corrected chi connectivity index (χ3v) is 2.05. The van der Waals surface area contributed by atoms with Gasteiger partial charge in [0.15, 0.2) is 5.06 Å². The Morgan fingerprint density at radius 1 is 1.50 bits per heavy atom. The molecule has 0 bridgehead atoms. The molecule has 0 atom stereocenters. The minimum atomic E-state index is -0.427. The summed E-state index contributed by atoms with van der Waals surface area (Å²) >= 11 is 1.42. The number of carbonyl (C=O) groups is 1. The first-order chi connectivity index (χ1) is 5.50. The van der Waals surface area contributed by atoms with Crippen LogP contribution in [0.3, 0.4) is 0 Å². The predicted molar refractivity (Wildman–Crippen MR) is 49.4 cm³/mol. The Bertz CT molecular complexity index is 257. The van der Waals surface area contributed by atoms with Gasteiger partial charge in [-0.15, -0.1) is 11.3 Å². The topological polar surface area (TPSA) is 26.3 Å². The monoisotopic (exact) mass is 184 g/mol. The number of hydrogen-bond donors (Lipinski definition) is 0. The summed E-state index contributed by atoms with van der Waals surface area (Å²) in [6, 6.07) is 3.64. The molecule has 0 saturated carbocycles. The molecule has 0 amide bonds. The van der Waals surface area contributed by atoms with Crippen LogP contribution in [0.25, 0.3) is 0 Å². The zero-order chi connectivity index (χ0) is 9.19. The molecule has 2 nitrogen and oxygen atoms in total. The van der Waals surface area contributed by atoms with Gasteiger partial charge in [0.1, 0.15) is 0 Å². The second-order valence-electron chi connectivity index (χ2n) is 3.57. The molecule has 0 fully saturated rings. The largest absolute Gasteiger partial charge is 0.415 e. The molecule has 0 radical (unpaired) electrons. The SMILES string of the molecule is CC(C)(C)C(=O)Oc1cccs1.